The lowest BCUT2D eigenvalue weighted by Gasteiger charge is -2.31. The fraction of sp³-hybridized carbons (Fsp3) is 0.421. The molecule has 2 atom stereocenters. The molecule has 0 aromatic carbocycles. The summed E-state index contributed by atoms with van der Waals surface area (Å²) < 4.78 is 3.32. The normalized spacial score (nSPS) is 19.0. The van der Waals surface area contributed by atoms with Crippen LogP contribution in [0.3, 0.4) is 0 Å². The average Bonchev–Trinajstić information content (AvgIpc) is 3.08. The van der Waals surface area contributed by atoms with Gasteiger partial charge in [-0.1, -0.05) is 12.8 Å². The molecule has 29 heavy (non-hydrogen) atoms. The molecule has 3 aromatic rings. The molecular formula is C19H23BrIN6O2-. The second-order valence-corrected chi connectivity index (χ2v) is 8.01. The van der Waals surface area contributed by atoms with E-state index in [2.05, 4.69) is 31.7 Å². The fourth-order valence-corrected chi connectivity index (χ4v) is 4.09. The Hall–Kier alpha value is -1.66. The molecule has 3 aromatic heterocycles. The highest BCUT2D eigenvalue weighted by atomic mass is 127. The summed E-state index contributed by atoms with van der Waals surface area (Å²) in [4.78, 5) is 4.69. The Bertz CT molecular complexity index is 969. The van der Waals surface area contributed by atoms with E-state index in [1.165, 1.54) is 12.4 Å². The van der Waals surface area contributed by atoms with Crippen molar-refractivity contribution in [1.29, 1.82) is 0 Å². The van der Waals surface area contributed by atoms with Crippen molar-refractivity contribution in [3.8, 4) is 0 Å². The number of hydrogen-bond acceptors (Lipinski definition) is 6. The maximum absolute atomic E-state index is 11.5. The van der Waals surface area contributed by atoms with Crippen molar-refractivity contribution in [2.45, 2.75) is 38.3 Å². The minimum Gasteiger partial charge on any atom is -1.00 e. The number of fused-ring (bicyclic) bond motifs is 1. The first-order valence-corrected chi connectivity index (χ1v) is 10.3. The van der Waals surface area contributed by atoms with Gasteiger partial charge in [0.25, 0.3) is 0 Å². The highest BCUT2D eigenvalue weighted by molar-refractivity contribution is 9.10. The van der Waals surface area contributed by atoms with Crippen LogP contribution in [0.15, 0.2) is 41.3 Å². The van der Waals surface area contributed by atoms with Crippen molar-refractivity contribution in [3.63, 3.8) is 0 Å². The zero-order valence-corrected chi connectivity index (χ0v) is 19.5. The summed E-state index contributed by atoms with van der Waals surface area (Å²) in [5, 5.41) is 32.4. The van der Waals surface area contributed by atoms with E-state index in [1.807, 2.05) is 12.1 Å². The minimum atomic E-state index is 0. The first kappa shape index (κ1) is 22.0. The molecule has 0 amide bonds. The van der Waals surface area contributed by atoms with Gasteiger partial charge in [-0.25, -0.2) is 4.98 Å². The average molecular weight is 574 g/mol. The number of anilines is 2. The van der Waals surface area contributed by atoms with Crippen molar-refractivity contribution < 1.29 is 33.8 Å². The third-order valence-corrected chi connectivity index (χ3v) is 5.78. The van der Waals surface area contributed by atoms with E-state index in [0.717, 1.165) is 52.1 Å². The minimum absolute atomic E-state index is 0. The van der Waals surface area contributed by atoms with Crippen LogP contribution in [-0.2, 0) is 6.54 Å². The molecule has 1 fully saturated rings. The zero-order chi connectivity index (χ0) is 19.5. The largest absolute Gasteiger partial charge is 1.00 e. The van der Waals surface area contributed by atoms with Crippen LogP contribution < -0.4 is 39.3 Å². The van der Waals surface area contributed by atoms with E-state index in [9.17, 15) is 10.3 Å². The second-order valence-electron chi connectivity index (χ2n) is 7.16. The number of aliphatic hydroxyl groups is 1. The molecule has 1 aliphatic rings. The number of aromatic nitrogens is 4. The van der Waals surface area contributed by atoms with Gasteiger partial charge in [-0.05, 0) is 34.8 Å². The molecule has 3 heterocycles. The number of pyridine rings is 1. The molecule has 0 bridgehead atoms. The lowest BCUT2D eigenvalue weighted by molar-refractivity contribution is -0.605. The van der Waals surface area contributed by atoms with Gasteiger partial charge in [0.15, 0.2) is 18.0 Å². The highest BCUT2D eigenvalue weighted by Gasteiger charge is 2.25. The summed E-state index contributed by atoms with van der Waals surface area (Å²) in [5.74, 6) is 1.76. The smallest absolute Gasteiger partial charge is 0.185 e. The summed E-state index contributed by atoms with van der Waals surface area (Å²) in [6.45, 7) is 0.673. The maximum Gasteiger partial charge on any atom is 0.185 e. The SMILES string of the molecule is [I-].[O-][n+]1cccc(CNc2cc(N[C@H]3CCCC[C@H]3CO)nc3c(Br)cnn23)c1. The molecule has 1 saturated carbocycles. The Balaban J connectivity index is 0.00000240. The first-order chi connectivity index (χ1) is 13.6. The Morgan fingerprint density at radius 1 is 1.34 bits per heavy atom. The van der Waals surface area contributed by atoms with Crippen LogP contribution >= 0.6 is 15.9 Å². The van der Waals surface area contributed by atoms with Crippen LogP contribution in [0.2, 0.25) is 0 Å². The van der Waals surface area contributed by atoms with Crippen molar-refractivity contribution in [1.82, 2.24) is 14.6 Å². The summed E-state index contributed by atoms with van der Waals surface area (Å²) >= 11 is 3.51. The Morgan fingerprint density at radius 2 is 2.17 bits per heavy atom. The fourth-order valence-electron chi connectivity index (χ4n) is 3.74. The number of rotatable bonds is 6. The van der Waals surface area contributed by atoms with Gasteiger partial charge >= 0.3 is 0 Å². The van der Waals surface area contributed by atoms with Crippen LogP contribution in [0.5, 0.6) is 0 Å². The molecule has 0 aliphatic heterocycles. The van der Waals surface area contributed by atoms with Gasteiger partial charge in [-0.15, -0.1) is 0 Å². The van der Waals surface area contributed by atoms with Gasteiger partial charge in [-0.2, -0.15) is 14.3 Å². The van der Waals surface area contributed by atoms with Crippen LogP contribution in [0.4, 0.5) is 11.6 Å². The van der Waals surface area contributed by atoms with Crippen molar-refractivity contribution >= 4 is 33.2 Å². The second kappa shape index (κ2) is 9.90. The van der Waals surface area contributed by atoms with Crippen LogP contribution in [-0.4, -0.2) is 32.4 Å². The lowest BCUT2D eigenvalue weighted by atomic mass is 9.85. The van der Waals surface area contributed by atoms with Gasteiger partial charge in [0.2, 0.25) is 0 Å². The first-order valence-electron chi connectivity index (χ1n) is 9.47. The van der Waals surface area contributed by atoms with E-state index >= 15 is 0 Å². The topological polar surface area (TPSA) is 101 Å². The number of nitrogens with one attached hydrogen (secondary N) is 2. The standard InChI is InChI=1S/C19H23BrN6O2.HI/c20-15-10-22-26-18(21-9-13-4-3-7-25(28)11-13)8-17(24-19(15)26)23-16-6-2-1-5-14(16)12-27;/h3-4,7-8,10-11,14,16,21,27H,1-2,5-6,9,12H2,(H,23,24);1H/p-1/t14-,16-;/m0./s1. The Kier molecular flexibility index (Phi) is 7.52. The number of halogens is 2. The molecule has 156 valence electrons. The third-order valence-electron chi connectivity index (χ3n) is 5.22. The molecule has 8 nitrogen and oxygen atoms in total. The Morgan fingerprint density at radius 3 is 2.97 bits per heavy atom. The van der Waals surface area contributed by atoms with Crippen LogP contribution in [0, 0.1) is 11.1 Å². The summed E-state index contributed by atoms with van der Waals surface area (Å²) in [6.07, 6.45) is 9.08. The number of aliphatic hydroxyl groups excluding tert-OH is 1. The van der Waals surface area contributed by atoms with Crippen molar-refractivity contribution in [2.75, 3.05) is 17.2 Å². The Labute approximate surface area is 194 Å². The molecule has 10 heteroatoms. The third kappa shape index (κ3) is 5.10. The molecule has 0 saturated heterocycles. The summed E-state index contributed by atoms with van der Waals surface area (Å²) in [6, 6.07) is 5.74. The molecule has 0 spiro atoms. The molecule has 3 N–H and O–H groups in total. The predicted molar refractivity (Wildman–Crippen MR) is 110 cm³/mol. The highest BCUT2D eigenvalue weighted by Crippen LogP contribution is 2.28. The van der Waals surface area contributed by atoms with Gasteiger partial charge in [0, 0.05) is 42.8 Å². The number of hydrogen-bond donors (Lipinski definition) is 3. The molecule has 0 radical (unpaired) electrons. The summed E-state index contributed by atoms with van der Waals surface area (Å²) in [7, 11) is 0. The van der Waals surface area contributed by atoms with E-state index in [1.54, 1.807) is 16.8 Å². The van der Waals surface area contributed by atoms with Crippen molar-refractivity contribution in [3.05, 3.63) is 52.0 Å². The van der Waals surface area contributed by atoms with E-state index < -0.39 is 0 Å². The molecular weight excluding hydrogens is 551 g/mol. The quantitative estimate of drug-likeness (QED) is 0.213. The summed E-state index contributed by atoms with van der Waals surface area (Å²) in [5.41, 5.74) is 1.58. The van der Waals surface area contributed by atoms with E-state index in [-0.39, 0.29) is 42.5 Å². The maximum atomic E-state index is 11.5. The van der Waals surface area contributed by atoms with Crippen LogP contribution in [0.1, 0.15) is 31.2 Å². The van der Waals surface area contributed by atoms with Crippen LogP contribution in [0.25, 0.3) is 5.65 Å². The lowest BCUT2D eigenvalue weighted by Crippen LogP contribution is -3.00. The molecule has 1 aliphatic carbocycles. The molecule has 4 rings (SSSR count). The van der Waals surface area contributed by atoms with Gasteiger partial charge in [-0.3, -0.25) is 0 Å². The van der Waals surface area contributed by atoms with Gasteiger partial charge in [0.05, 0.1) is 10.7 Å². The zero-order valence-electron chi connectivity index (χ0n) is 15.8. The number of nitrogens with zero attached hydrogens (tertiary/aromatic N) is 4. The van der Waals surface area contributed by atoms with Gasteiger partial charge in [0.1, 0.15) is 11.6 Å². The van der Waals surface area contributed by atoms with Crippen molar-refractivity contribution in [2.24, 2.45) is 5.92 Å². The van der Waals surface area contributed by atoms with E-state index in [0.29, 0.717) is 12.2 Å². The van der Waals surface area contributed by atoms with Gasteiger partial charge < -0.3 is 44.9 Å². The van der Waals surface area contributed by atoms with E-state index in [4.69, 9.17) is 4.98 Å². The monoisotopic (exact) mass is 573 g/mol. The predicted octanol–water partition coefficient (Wildman–Crippen LogP) is -0.296. The molecule has 0 unspecified atom stereocenters.